The summed E-state index contributed by atoms with van der Waals surface area (Å²) in [7, 11) is 0. The van der Waals surface area contributed by atoms with Gasteiger partial charge in [-0.1, -0.05) is 0 Å². The first-order valence-corrected chi connectivity index (χ1v) is 11.1. The topological polar surface area (TPSA) is 119 Å². The highest BCUT2D eigenvalue weighted by Gasteiger charge is 2.17. The summed E-state index contributed by atoms with van der Waals surface area (Å²) in [5, 5.41) is 26.9. The molecular formula is C23H27N7O3. The smallest absolute Gasteiger partial charge is 0.269 e. The van der Waals surface area contributed by atoms with Crippen LogP contribution >= 0.6 is 0 Å². The Kier molecular flexibility index (Phi) is 6.62. The fourth-order valence-corrected chi connectivity index (χ4v) is 4.11. The number of aryl methyl sites for hydroxylation is 1. The number of hydrogen-bond acceptors (Lipinski definition) is 7. The van der Waals surface area contributed by atoms with Gasteiger partial charge in [-0.15, -0.1) is 10.2 Å². The SMILES string of the molecule is Cc1nn(-c2ccc(N3CCCCC3)nn2)c(C)c1CCC(=O)Nc1ccc([N+](=O)[O-])cc1. The van der Waals surface area contributed by atoms with Crippen molar-refractivity contribution in [2.75, 3.05) is 23.3 Å². The van der Waals surface area contributed by atoms with Crippen molar-refractivity contribution >= 4 is 23.1 Å². The number of hydrogen-bond donors (Lipinski definition) is 1. The van der Waals surface area contributed by atoms with Gasteiger partial charge in [-0.25, -0.2) is 4.68 Å². The molecule has 0 atom stereocenters. The van der Waals surface area contributed by atoms with Gasteiger partial charge in [0.05, 0.1) is 10.6 Å². The number of amides is 1. The summed E-state index contributed by atoms with van der Waals surface area (Å²) in [5.74, 6) is 1.38. The second-order valence-electron chi connectivity index (χ2n) is 8.21. The monoisotopic (exact) mass is 449 g/mol. The van der Waals surface area contributed by atoms with Crippen LogP contribution in [0.2, 0.25) is 0 Å². The minimum absolute atomic E-state index is 0.0151. The standard InChI is InChI=1S/C23H27N7O3/c1-16-20(10-13-23(31)24-18-6-8-19(9-7-18)30(32)33)17(2)29(27-16)22-12-11-21(25-26-22)28-14-4-3-5-15-28/h6-9,11-12H,3-5,10,13-15H2,1-2H3,(H,24,31). The summed E-state index contributed by atoms with van der Waals surface area (Å²) in [6.45, 7) is 5.91. The van der Waals surface area contributed by atoms with E-state index in [1.54, 1.807) is 4.68 Å². The number of carbonyl (C=O) groups excluding carboxylic acids is 1. The van der Waals surface area contributed by atoms with E-state index < -0.39 is 4.92 Å². The lowest BCUT2D eigenvalue weighted by molar-refractivity contribution is -0.384. The molecule has 10 heteroatoms. The zero-order chi connectivity index (χ0) is 23.4. The van der Waals surface area contributed by atoms with Crippen molar-refractivity contribution < 1.29 is 9.72 Å². The van der Waals surface area contributed by atoms with E-state index in [-0.39, 0.29) is 18.0 Å². The summed E-state index contributed by atoms with van der Waals surface area (Å²) < 4.78 is 1.77. The quantitative estimate of drug-likeness (QED) is 0.431. The first-order chi connectivity index (χ1) is 15.9. The van der Waals surface area contributed by atoms with E-state index in [1.807, 2.05) is 26.0 Å². The van der Waals surface area contributed by atoms with Crippen molar-refractivity contribution in [2.24, 2.45) is 0 Å². The van der Waals surface area contributed by atoms with E-state index in [4.69, 9.17) is 0 Å². The lowest BCUT2D eigenvalue weighted by Gasteiger charge is -2.27. The third kappa shape index (κ3) is 5.16. The zero-order valence-electron chi connectivity index (χ0n) is 18.8. The summed E-state index contributed by atoms with van der Waals surface area (Å²) in [4.78, 5) is 24.9. The Bertz CT molecular complexity index is 1130. The van der Waals surface area contributed by atoms with Crippen LogP contribution in [-0.4, -0.2) is 43.9 Å². The molecule has 10 nitrogen and oxygen atoms in total. The lowest BCUT2D eigenvalue weighted by atomic mass is 10.1. The van der Waals surface area contributed by atoms with Crippen molar-refractivity contribution in [1.82, 2.24) is 20.0 Å². The number of benzene rings is 1. The number of carbonyl (C=O) groups is 1. The molecule has 0 spiro atoms. The van der Waals surface area contributed by atoms with Crippen LogP contribution in [0.5, 0.6) is 0 Å². The highest BCUT2D eigenvalue weighted by Crippen LogP contribution is 2.21. The third-order valence-electron chi connectivity index (χ3n) is 5.94. The number of non-ortho nitro benzene ring substituents is 1. The predicted octanol–water partition coefficient (Wildman–Crippen LogP) is 3.75. The van der Waals surface area contributed by atoms with Crippen LogP contribution in [0.4, 0.5) is 17.2 Å². The molecule has 1 aromatic carbocycles. The molecule has 0 radical (unpaired) electrons. The maximum Gasteiger partial charge on any atom is 0.269 e. The van der Waals surface area contributed by atoms with Gasteiger partial charge in [0.15, 0.2) is 11.6 Å². The molecule has 3 aromatic rings. The van der Waals surface area contributed by atoms with Gasteiger partial charge in [-0.05, 0) is 69.4 Å². The van der Waals surface area contributed by atoms with Crippen molar-refractivity contribution in [1.29, 1.82) is 0 Å². The van der Waals surface area contributed by atoms with Crippen molar-refractivity contribution in [3.05, 3.63) is 63.5 Å². The normalized spacial score (nSPS) is 13.7. The van der Waals surface area contributed by atoms with Gasteiger partial charge in [0.2, 0.25) is 5.91 Å². The molecule has 0 bridgehead atoms. The molecule has 1 saturated heterocycles. The number of nitrogens with zero attached hydrogens (tertiary/aromatic N) is 6. The summed E-state index contributed by atoms with van der Waals surface area (Å²) in [6, 6.07) is 9.70. The minimum Gasteiger partial charge on any atom is -0.355 e. The van der Waals surface area contributed by atoms with E-state index in [2.05, 4.69) is 25.5 Å². The van der Waals surface area contributed by atoms with E-state index in [0.29, 0.717) is 17.9 Å². The average molecular weight is 450 g/mol. The van der Waals surface area contributed by atoms with Crippen LogP contribution in [0, 0.1) is 24.0 Å². The number of anilines is 2. The van der Waals surface area contributed by atoms with Crippen LogP contribution in [0.25, 0.3) is 5.82 Å². The van der Waals surface area contributed by atoms with E-state index in [0.717, 1.165) is 35.9 Å². The average Bonchev–Trinajstić information content (AvgIpc) is 3.12. The highest BCUT2D eigenvalue weighted by atomic mass is 16.6. The lowest BCUT2D eigenvalue weighted by Crippen LogP contribution is -2.30. The van der Waals surface area contributed by atoms with Crippen LogP contribution in [0.15, 0.2) is 36.4 Å². The number of rotatable bonds is 7. The van der Waals surface area contributed by atoms with E-state index in [9.17, 15) is 14.9 Å². The summed E-state index contributed by atoms with van der Waals surface area (Å²) >= 11 is 0. The Morgan fingerprint density at radius 3 is 2.33 bits per heavy atom. The molecule has 0 aliphatic carbocycles. The van der Waals surface area contributed by atoms with Crippen molar-refractivity contribution in [3.8, 4) is 5.82 Å². The Hall–Kier alpha value is -3.82. The first kappa shape index (κ1) is 22.4. The summed E-state index contributed by atoms with van der Waals surface area (Å²) in [5.41, 5.74) is 3.28. The maximum absolute atomic E-state index is 12.4. The Morgan fingerprint density at radius 1 is 1.03 bits per heavy atom. The molecule has 0 unspecified atom stereocenters. The zero-order valence-corrected chi connectivity index (χ0v) is 18.8. The molecule has 1 aliphatic heterocycles. The molecule has 1 aliphatic rings. The fourth-order valence-electron chi connectivity index (χ4n) is 4.11. The predicted molar refractivity (Wildman–Crippen MR) is 125 cm³/mol. The van der Waals surface area contributed by atoms with Crippen LogP contribution in [0.3, 0.4) is 0 Å². The maximum atomic E-state index is 12.4. The fraction of sp³-hybridized carbons (Fsp3) is 0.391. The Labute approximate surface area is 191 Å². The molecule has 3 heterocycles. The van der Waals surface area contributed by atoms with Gasteiger partial charge in [0.1, 0.15) is 0 Å². The van der Waals surface area contributed by atoms with E-state index in [1.165, 1.54) is 43.5 Å². The Morgan fingerprint density at radius 2 is 1.70 bits per heavy atom. The Balaban J connectivity index is 1.40. The first-order valence-electron chi connectivity index (χ1n) is 11.1. The highest BCUT2D eigenvalue weighted by molar-refractivity contribution is 5.90. The minimum atomic E-state index is -0.472. The van der Waals surface area contributed by atoms with E-state index >= 15 is 0 Å². The van der Waals surface area contributed by atoms with Crippen molar-refractivity contribution in [2.45, 2.75) is 46.0 Å². The molecule has 4 rings (SSSR count). The second kappa shape index (κ2) is 9.76. The van der Waals surface area contributed by atoms with Gasteiger partial charge >= 0.3 is 0 Å². The second-order valence-corrected chi connectivity index (χ2v) is 8.21. The van der Waals surface area contributed by atoms with Crippen molar-refractivity contribution in [3.63, 3.8) is 0 Å². The molecule has 1 fully saturated rings. The van der Waals surface area contributed by atoms with Gasteiger partial charge < -0.3 is 10.2 Å². The molecule has 1 N–H and O–H groups in total. The largest absolute Gasteiger partial charge is 0.355 e. The molecule has 33 heavy (non-hydrogen) atoms. The van der Waals surface area contributed by atoms with Crippen LogP contribution < -0.4 is 10.2 Å². The molecular weight excluding hydrogens is 422 g/mol. The van der Waals surface area contributed by atoms with Gasteiger partial charge in [0.25, 0.3) is 5.69 Å². The number of nitro benzene ring substituents is 1. The molecule has 2 aromatic heterocycles. The van der Waals surface area contributed by atoms with Crippen LogP contribution in [-0.2, 0) is 11.2 Å². The molecule has 1 amide bonds. The van der Waals surface area contributed by atoms with Gasteiger partial charge in [-0.3, -0.25) is 14.9 Å². The molecule has 0 saturated carbocycles. The van der Waals surface area contributed by atoms with Crippen LogP contribution in [0.1, 0.15) is 42.6 Å². The number of piperidine rings is 1. The molecule has 172 valence electrons. The third-order valence-corrected chi connectivity index (χ3v) is 5.94. The van der Waals surface area contributed by atoms with Gasteiger partial charge in [0, 0.05) is 43.0 Å². The van der Waals surface area contributed by atoms with Gasteiger partial charge in [-0.2, -0.15) is 5.10 Å². The number of nitro groups is 1. The number of aromatic nitrogens is 4. The number of nitrogens with one attached hydrogen (secondary N) is 1. The summed E-state index contributed by atoms with van der Waals surface area (Å²) in [6.07, 6.45) is 4.42.